The van der Waals surface area contributed by atoms with Crippen LogP contribution in [0.2, 0.25) is 0 Å². The molecule has 1 aromatic carbocycles. The number of rotatable bonds is 7. The maximum Gasteiger partial charge on any atom is 0.307 e. The van der Waals surface area contributed by atoms with E-state index in [1.165, 1.54) is 89.0 Å². The summed E-state index contributed by atoms with van der Waals surface area (Å²) in [6, 6.07) is 10.5. The summed E-state index contributed by atoms with van der Waals surface area (Å²) in [4.78, 5) is 14.4. The lowest BCUT2D eigenvalue weighted by atomic mass is 9.87. The molecule has 4 rings (SSSR count). The van der Waals surface area contributed by atoms with Crippen molar-refractivity contribution in [2.75, 3.05) is 0 Å². The van der Waals surface area contributed by atoms with Crippen molar-refractivity contribution in [3.05, 3.63) is 36.0 Å². The van der Waals surface area contributed by atoms with Gasteiger partial charge in [-0.1, -0.05) is 76.5 Å². The summed E-state index contributed by atoms with van der Waals surface area (Å²) in [5.74, 6) is -0.752. The topological polar surface area (TPSA) is 45.5 Å². The van der Waals surface area contributed by atoms with Crippen LogP contribution in [0.3, 0.4) is 0 Å². The first-order valence-electron chi connectivity index (χ1n) is 13.7. The number of hydrogen-bond acceptors (Lipinski definition) is 2. The zero-order chi connectivity index (χ0) is 23.0. The SMILES string of the molecule is CCC1CCCC(CCn2cc(CC(=O)O)c3ccccc32)N1C1CCCCCCCCC1. The number of hydrogen-bond donors (Lipinski definition) is 1. The fraction of sp³-hybridized carbons (Fsp3) is 0.690. The molecule has 1 aliphatic heterocycles. The number of aryl methyl sites for hydroxylation is 1. The summed E-state index contributed by atoms with van der Waals surface area (Å²) in [5.41, 5.74) is 2.12. The number of carboxylic acid groups (broad SMARTS) is 1. The number of likely N-dealkylation sites (tertiary alicyclic amines) is 1. The Hall–Kier alpha value is -1.81. The van der Waals surface area contributed by atoms with E-state index in [1.807, 2.05) is 6.07 Å². The number of nitrogens with zero attached hydrogens (tertiary/aromatic N) is 2. The molecule has 0 amide bonds. The lowest BCUT2D eigenvalue weighted by Crippen LogP contribution is -2.52. The van der Waals surface area contributed by atoms with Gasteiger partial charge >= 0.3 is 5.97 Å². The Morgan fingerprint density at radius 1 is 0.909 bits per heavy atom. The normalized spacial score (nSPS) is 24.2. The highest BCUT2D eigenvalue weighted by atomic mass is 16.4. The van der Waals surface area contributed by atoms with Crippen molar-refractivity contribution >= 4 is 16.9 Å². The molecule has 1 saturated carbocycles. The predicted molar refractivity (Wildman–Crippen MR) is 137 cm³/mol. The molecule has 2 heterocycles. The minimum atomic E-state index is -0.752. The molecule has 182 valence electrons. The number of aromatic nitrogens is 1. The van der Waals surface area contributed by atoms with E-state index in [1.54, 1.807) is 0 Å². The Morgan fingerprint density at radius 3 is 2.27 bits per heavy atom. The van der Waals surface area contributed by atoms with Crippen LogP contribution in [-0.2, 0) is 17.8 Å². The predicted octanol–water partition coefficient (Wildman–Crippen LogP) is 7.18. The smallest absolute Gasteiger partial charge is 0.307 e. The van der Waals surface area contributed by atoms with Crippen LogP contribution >= 0.6 is 0 Å². The van der Waals surface area contributed by atoms with E-state index in [0.29, 0.717) is 6.04 Å². The van der Waals surface area contributed by atoms with Crippen LogP contribution in [0.1, 0.15) is 102 Å². The highest BCUT2D eigenvalue weighted by molar-refractivity contribution is 5.87. The van der Waals surface area contributed by atoms with E-state index in [2.05, 4.69) is 40.8 Å². The summed E-state index contributed by atoms with van der Waals surface area (Å²) in [6.07, 6.45) is 21.3. The first-order chi connectivity index (χ1) is 16.2. The first-order valence-corrected chi connectivity index (χ1v) is 13.7. The standard InChI is InChI=1S/C29H44N2O2/c1-2-24-15-12-16-26(31(24)25-13-8-6-4-3-5-7-9-14-25)19-20-30-22-23(21-29(32)33)27-17-10-11-18-28(27)30/h10-11,17-18,22,24-26H,2-9,12-16,19-21H2,1H3,(H,32,33). The van der Waals surface area contributed by atoms with E-state index in [-0.39, 0.29) is 6.42 Å². The van der Waals surface area contributed by atoms with Crippen molar-refractivity contribution in [2.24, 2.45) is 0 Å². The minimum Gasteiger partial charge on any atom is -0.481 e. The summed E-state index contributed by atoms with van der Waals surface area (Å²) < 4.78 is 2.33. The Morgan fingerprint density at radius 2 is 1.58 bits per heavy atom. The van der Waals surface area contributed by atoms with Gasteiger partial charge in [0.25, 0.3) is 0 Å². The van der Waals surface area contributed by atoms with Crippen LogP contribution in [-0.4, -0.2) is 38.7 Å². The second-order valence-electron chi connectivity index (χ2n) is 10.5. The molecule has 0 bridgehead atoms. The van der Waals surface area contributed by atoms with Gasteiger partial charge in [0, 0.05) is 41.8 Å². The lowest BCUT2D eigenvalue weighted by molar-refractivity contribution is -0.136. The van der Waals surface area contributed by atoms with Gasteiger partial charge in [-0.15, -0.1) is 0 Å². The fourth-order valence-electron chi connectivity index (χ4n) is 6.68. The highest BCUT2D eigenvalue weighted by Crippen LogP contribution is 2.34. The Kier molecular flexibility index (Phi) is 8.89. The van der Waals surface area contributed by atoms with E-state index in [4.69, 9.17) is 0 Å². The van der Waals surface area contributed by atoms with Crippen molar-refractivity contribution in [3.63, 3.8) is 0 Å². The van der Waals surface area contributed by atoms with Gasteiger partial charge in [0.15, 0.2) is 0 Å². The maximum absolute atomic E-state index is 11.4. The summed E-state index contributed by atoms with van der Waals surface area (Å²) >= 11 is 0. The van der Waals surface area contributed by atoms with Crippen LogP contribution in [0.5, 0.6) is 0 Å². The molecule has 1 saturated heterocycles. The van der Waals surface area contributed by atoms with Gasteiger partial charge in [0.05, 0.1) is 6.42 Å². The van der Waals surface area contributed by atoms with Gasteiger partial charge in [0.1, 0.15) is 0 Å². The van der Waals surface area contributed by atoms with Crippen LogP contribution in [0, 0.1) is 0 Å². The quantitative estimate of drug-likeness (QED) is 0.484. The van der Waals surface area contributed by atoms with Gasteiger partial charge in [0.2, 0.25) is 0 Å². The highest BCUT2D eigenvalue weighted by Gasteiger charge is 2.34. The van der Waals surface area contributed by atoms with Crippen LogP contribution in [0.25, 0.3) is 10.9 Å². The van der Waals surface area contributed by atoms with Crippen molar-refractivity contribution in [2.45, 2.75) is 128 Å². The number of benzene rings is 1. The Balaban J connectivity index is 1.51. The first kappa shape index (κ1) is 24.3. The Labute approximate surface area is 200 Å². The van der Waals surface area contributed by atoms with Gasteiger partial charge < -0.3 is 9.67 Å². The molecule has 1 aliphatic carbocycles. The molecule has 0 spiro atoms. The van der Waals surface area contributed by atoms with Crippen LogP contribution < -0.4 is 0 Å². The number of para-hydroxylation sites is 1. The maximum atomic E-state index is 11.4. The fourth-order valence-corrected chi connectivity index (χ4v) is 6.68. The number of carbonyl (C=O) groups is 1. The number of fused-ring (bicyclic) bond motifs is 1. The molecule has 0 radical (unpaired) electrons. The third-order valence-corrected chi connectivity index (χ3v) is 8.30. The largest absolute Gasteiger partial charge is 0.481 e. The van der Waals surface area contributed by atoms with Crippen molar-refractivity contribution in [1.82, 2.24) is 9.47 Å². The molecule has 2 unspecified atom stereocenters. The monoisotopic (exact) mass is 452 g/mol. The molecule has 33 heavy (non-hydrogen) atoms. The second kappa shape index (κ2) is 12.1. The van der Waals surface area contributed by atoms with Crippen molar-refractivity contribution in [1.29, 1.82) is 0 Å². The van der Waals surface area contributed by atoms with Gasteiger partial charge in [-0.2, -0.15) is 0 Å². The molecule has 4 heteroatoms. The molecule has 1 N–H and O–H groups in total. The molecule has 1 aromatic heterocycles. The van der Waals surface area contributed by atoms with Crippen LogP contribution in [0.4, 0.5) is 0 Å². The van der Waals surface area contributed by atoms with Gasteiger partial charge in [-0.05, 0) is 50.2 Å². The average molecular weight is 453 g/mol. The number of aliphatic carboxylic acids is 1. The summed E-state index contributed by atoms with van der Waals surface area (Å²) in [6.45, 7) is 3.36. The number of carboxylic acids is 1. The summed E-state index contributed by atoms with van der Waals surface area (Å²) in [5, 5.41) is 10.5. The van der Waals surface area contributed by atoms with Crippen molar-refractivity contribution in [3.8, 4) is 0 Å². The molecule has 2 aromatic rings. The van der Waals surface area contributed by atoms with E-state index in [9.17, 15) is 9.90 Å². The Bertz CT molecular complexity index is 879. The van der Waals surface area contributed by atoms with E-state index in [0.717, 1.165) is 36.0 Å². The van der Waals surface area contributed by atoms with Crippen molar-refractivity contribution < 1.29 is 9.90 Å². The average Bonchev–Trinajstić information content (AvgIpc) is 3.17. The second-order valence-corrected chi connectivity index (χ2v) is 10.5. The van der Waals surface area contributed by atoms with Gasteiger partial charge in [-0.25, -0.2) is 0 Å². The number of piperidine rings is 1. The van der Waals surface area contributed by atoms with Gasteiger partial charge in [-0.3, -0.25) is 9.69 Å². The minimum absolute atomic E-state index is 0.100. The van der Waals surface area contributed by atoms with Crippen LogP contribution in [0.15, 0.2) is 30.5 Å². The molecule has 2 aliphatic rings. The molecule has 4 nitrogen and oxygen atoms in total. The molecule has 2 atom stereocenters. The molecular formula is C29H44N2O2. The molecular weight excluding hydrogens is 408 g/mol. The zero-order valence-electron chi connectivity index (χ0n) is 20.7. The molecule has 2 fully saturated rings. The zero-order valence-corrected chi connectivity index (χ0v) is 20.7. The lowest BCUT2D eigenvalue weighted by Gasteiger charge is -2.47. The third-order valence-electron chi connectivity index (χ3n) is 8.30. The van der Waals surface area contributed by atoms with E-state index < -0.39 is 5.97 Å². The summed E-state index contributed by atoms with van der Waals surface area (Å²) in [7, 11) is 0. The third kappa shape index (κ3) is 6.20. The van der Waals surface area contributed by atoms with E-state index >= 15 is 0 Å².